The van der Waals surface area contributed by atoms with Crippen molar-refractivity contribution < 1.29 is 14.6 Å². The summed E-state index contributed by atoms with van der Waals surface area (Å²) >= 11 is 0. The number of carbonyl (C=O) groups excluding carboxylic acids is 1. The zero-order valence-corrected chi connectivity index (χ0v) is 18.0. The third-order valence-corrected chi connectivity index (χ3v) is 4.42. The van der Waals surface area contributed by atoms with E-state index in [2.05, 4.69) is 30.4 Å². The number of nitrogens with one attached hydrogen (secondary N) is 1. The number of hydrogen-bond acceptors (Lipinski definition) is 7. The maximum Gasteiger partial charge on any atom is 0.338 e. The van der Waals surface area contributed by atoms with E-state index >= 15 is 0 Å². The zero-order valence-electron chi connectivity index (χ0n) is 18.0. The molecule has 0 spiro atoms. The number of aromatic amines is 1. The van der Waals surface area contributed by atoms with Crippen molar-refractivity contribution in [3.63, 3.8) is 0 Å². The van der Waals surface area contributed by atoms with Crippen LogP contribution in [0.15, 0.2) is 34.5 Å². The molecule has 0 aliphatic heterocycles. The first-order chi connectivity index (χ1) is 14.7. The van der Waals surface area contributed by atoms with E-state index in [0.29, 0.717) is 22.6 Å². The fourth-order valence-electron chi connectivity index (χ4n) is 2.88. The summed E-state index contributed by atoms with van der Waals surface area (Å²) in [6, 6.07) is 6.46. The molecule has 0 unspecified atom stereocenters. The second-order valence-corrected chi connectivity index (χ2v) is 7.77. The molecule has 1 aromatic carbocycles. The van der Waals surface area contributed by atoms with Crippen molar-refractivity contribution in [2.24, 2.45) is 10.2 Å². The van der Waals surface area contributed by atoms with E-state index in [1.807, 2.05) is 20.8 Å². The van der Waals surface area contributed by atoms with E-state index in [-0.39, 0.29) is 35.1 Å². The van der Waals surface area contributed by atoms with Crippen molar-refractivity contribution in [1.82, 2.24) is 20.0 Å². The number of nitrogens with zero attached hydrogens (tertiary/aromatic N) is 6. The van der Waals surface area contributed by atoms with Gasteiger partial charge in [0.1, 0.15) is 0 Å². The molecule has 10 heteroatoms. The van der Waals surface area contributed by atoms with E-state index in [1.54, 1.807) is 38.1 Å². The lowest BCUT2D eigenvalue weighted by molar-refractivity contribution is 0.0526. The summed E-state index contributed by atoms with van der Waals surface area (Å²) in [5, 5.41) is 30.0. The fourth-order valence-corrected chi connectivity index (χ4v) is 2.88. The molecule has 160 valence electrons. The smallest absolute Gasteiger partial charge is 0.338 e. The third kappa shape index (κ3) is 4.30. The highest BCUT2D eigenvalue weighted by molar-refractivity contribution is 5.89. The Kier molecular flexibility index (Phi) is 5.88. The van der Waals surface area contributed by atoms with Crippen LogP contribution in [0.4, 0.5) is 17.2 Å². The Labute approximate surface area is 179 Å². The monoisotopic (exact) mass is 421 g/mol. The zero-order chi connectivity index (χ0) is 22.8. The SMILES string of the molecule is [C-]#[N+]c1c(C(C)(C)C)n[nH]c1/N=N/c1c(C)nn(-c2ccc(C(=O)OCC)cc2)c1O. The van der Waals surface area contributed by atoms with E-state index in [4.69, 9.17) is 11.3 Å². The fraction of sp³-hybridized carbons (Fsp3) is 0.333. The van der Waals surface area contributed by atoms with Crippen molar-refractivity contribution in [1.29, 1.82) is 0 Å². The van der Waals surface area contributed by atoms with Crippen molar-refractivity contribution >= 4 is 23.2 Å². The Balaban J connectivity index is 1.92. The van der Waals surface area contributed by atoms with Gasteiger partial charge in [-0.3, -0.25) is 5.10 Å². The van der Waals surface area contributed by atoms with Gasteiger partial charge in [-0.15, -0.1) is 10.2 Å². The number of aryl methyl sites for hydroxylation is 1. The molecule has 2 aromatic heterocycles. The quantitative estimate of drug-likeness (QED) is 0.339. The number of carbonyl (C=O) groups is 1. The Morgan fingerprint density at radius 2 is 1.97 bits per heavy atom. The van der Waals surface area contributed by atoms with Crippen LogP contribution in [0.2, 0.25) is 0 Å². The largest absolute Gasteiger partial charge is 0.492 e. The molecular weight excluding hydrogens is 398 g/mol. The maximum atomic E-state index is 11.8. The van der Waals surface area contributed by atoms with Gasteiger partial charge in [-0.1, -0.05) is 20.8 Å². The second kappa shape index (κ2) is 8.39. The molecule has 0 amide bonds. The second-order valence-electron chi connectivity index (χ2n) is 7.77. The number of aromatic hydroxyl groups is 1. The molecule has 2 heterocycles. The lowest BCUT2D eigenvalue weighted by Gasteiger charge is -2.15. The van der Waals surface area contributed by atoms with E-state index in [1.165, 1.54) is 4.68 Å². The number of benzene rings is 1. The lowest BCUT2D eigenvalue weighted by Crippen LogP contribution is -2.11. The molecule has 31 heavy (non-hydrogen) atoms. The molecule has 0 bridgehead atoms. The average molecular weight is 421 g/mol. The van der Waals surface area contributed by atoms with Crippen LogP contribution in [-0.2, 0) is 10.2 Å². The first kappa shape index (κ1) is 21.7. The van der Waals surface area contributed by atoms with Gasteiger partial charge in [0.05, 0.1) is 35.8 Å². The van der Waals surface area contributed by atoms with Gasteiger partial charge in [0.2, 0.25) is 5.88 Å². The summed E-state index contributed by atoms with van der Waals surface area (Å²) in [5.74, 6) is -0.426. The first-order valence-electron chi connectivity index (χ1n) is 9.61. The topological polar surface area (TPSA) is 122 Å². The van der Waals surface area contributed by atoms with E-state index in [9.17, 15) is 9.90 Å². The number of ether oxygens (including phenoxy) is 1. The van der Waals surface area contributed by atoms with Crippen LogP contribution >= 0.6 is 0 Å². The number of aromatic nitrogens is 4. The van der Waals surface area contributed by atoms with Gasteiger partial charge in [-0.2, -0.15) is 14.9 Å². The summed E-state index contributed by atoms with van der Waals surface area (Å²) in [4.78, 5) is 15.3. The highest BCUT2D eigenvalue weighted by Crippen LogP contribution is 2.39. The van der Waals surface area contributed by atoms with Crippen LogP contribution in [0.25, 0.3) is 10.5 Å². The Morgan fingerprint density at radius 3 is 2.55 bits per heavy atom. The molecule has 3 rings (SSSR count). The number of azo groups is 1. The lowest BCUT2D eigenvalue weighted by atomic mass is 9.91. The van der Waals surface area contributed by atoms with Crippen LogP contribution in [0.3, 0.4) is 0 Å². The number of H-pyrrole nitrogens is 1. The number of hydrogen-bond donors (Lipinski definition) is 2. The van der Waals surface area contributed by atoms with Crippen LogP contribution in [-0.4, -0.2) is 37.7 Å². The molecule has 2 N–H and O–H groups in total. The molecule has 0 atom stereocenters. The summed E-state index contributed by atoms with van der Waals surface area (Å²) in [6.07, 6.45) is 0. The summed E-state index contributed by atoms with van der Waals surface area (Å²) in [5.41, 5.74) is 2.09. The summed E-state index contributed by atoms with van der Waals surface area (Å²) in [6.45, 7) is 17.0. The minimum absolute atomic E-state index is 0.164. The molecule has 0 saturated heterocycles. The van der Waals surface area contributed by atoms with Gasteiger partial charge in [0.25, 0.3) is 5.69 Å². The highest BCUT2D eigenvalue weighted by Gasteiger charge is 2.25. The van der Waals surface area contributed by atoms with Crippen molar-refractivity contribution in [3.05, 3.63) is 52.6 Å². The molecule has 3 aromatic rings. The van der Waals surface area contributed by atoms with Gasteiger partial charge in [0.15, 0.2) is 11.5 Å². The van der Waals surface area contributed by atoms with Crippen molar-refractivity contribution in [2.75, 3.05) is 6.61 Å². The maximum absolute atomic E-state index is 11.8. The van der Waals surface area contributed by atoms with Gasteiger partial charge >= 0.3 is 5.97 Å². The predicted octanol–water partition coefficient (Wildman–Crippen LogP) is 5.05. The number of rotatable bonds is 5. The van der Waals surface area contributed by atoms with Crippen LogP contribution in [0.1, 0.15) is 49.4 Å². The summed E-state index contributed by atoms with van der Waals surface area (Å²) in [7, 11) is 0. The molecule has 0 radical (unpaired) electrons. The minimum Gasteiger partial charge on any atom is -0.492 e. The molecule has 0 aliphatic rings. The van der Waals surface area contributed by atoms with Crippen LogP contribution in [0, 0.1) is 13.5 Å². The van der Waals surface area contributed by atoms with Gasteiger partial charge in [0, 0.05) is 0 Å². The molecule has 0 aliphatic carbocycles. The van der Waals surface area contributed by atoms with Crippen LogP contribution < -0.4 is 0 Å². The predicted molar refractivity (Wildman–Crippen MR) is 114 cm³/mol. The van der Waals surface area contributed by atoms with Crippen LogP contribution in [0.5, 0.6) is 5.88 Å². The Bertz CT molecular complexity index is 1180. The average Bonchev–Trinajstić information content (AvgIpc) is 3.27. The summed E-state index contributed by atoms with van der Waals surface area (Å²) < 4.78 is 6.26. The molecule has 0 saturated carbocycles. The van der Waals surface area contributed by atoms with Gasteiger partial charge in [-0.25, -0.2) is 9.64 Å². The molecule has 0 fully saturated rings. The normalized spacial score (nSPS) is 11.6. The minimum atomic E-state index is -0.422. The van der Waals surface area contributed by atoms with Gasteiger partial charge in [-0.05, 0) is 43.5 Å². The van der Waals surface area contributed by atoms with Crippen molar-refractivity contribution in [2.45, 2.75) is 40.0 Å². The molecular formula is C21H23N7O3. The number of esters is 1. The van der Waals surface area contributed by atoms with Gasteiger partial charge < -0.3 is 9.84 Å². The molecule has 10 nitrogen and oxygen atoms in total. The van der Waals surface area contributed by atoms with E-state index in [0.717, 1.165) is 0 Å². The third-order valence-electron chi connectivity index (χ3n) is 4.42. The Morgan fingerprint density at radius 1 is 1.29 bits per heavy atom. The first-order valence-corrected chi connectivity index (χ1v) is 9.61. The standard InChI is InChI=1S/C21H23N7O3/c1-7-31-20(30)13-8-10-14(11-9-13)28-19(29)15(12(2)27-28)23-25-18-16(22-6)17(24-26-18)21(3,4)5/h8-11,29H,7H2,1-5H3,(H,24,26)/b25-23+. The Hall–Kier alpha value is -4.00. The van der Waals surface area contributed by atoms with Crippen molar-refractivity contribution in [3.8, 4) is 11.6 Å². The highest BCUT2D eigenvalue weighted by atomic mass is 16.5. The van der Waals surface area contributed by atoms with E-state index < -0.39 is 5.97 Å².